The fourth-order valence-electron chi connectivity index (χ4n) is 3.89. The van der Waals surface area contributed by atoms with Crippen LogP contribution >= 0.6 is 11.6 Å². The van der Waals surface area contributed by atoms with E-state index in [2.05, 4.69) is 5.32 Å². The van der Waals surface area contributed by atoms with Crippen LogP contribution in [0.25, 0.3) is 0 Å². The smallest absolute Gasteiger partial charge is 0.416 e. The molecule has 1 spiro atoms. The topological polar surface area (TPSA) is 67.9 Å². The SMILES string of the molecule is O=C1N[C@]2(CO1)C[C@H](C(=O)N1CC(COc3ccc(C(F)(F)F)cc3Cl)C1)C2. The number of carbonyl (C=O) groups excluding carboxylic acids is 2. The first-order valence-corrected chi connectivity index (χ1v) is 9.26. The van der Waals surface area contributed by atoms with Gasteiger partial charge in [-0.3, -0.25) is 4.79 Å². The molecule has 1 aliphatic carbocycles. The Hall–Kier alpha value is -2.16. The standard InChI is InChI=1S/C18H18ClF3N2O4/c19-13-3-12(18(20,21)22)1-2-14(13)27-8-10-6-24(7-10)15(25)11-4-17(5-11)9-28-16(26)23-17/h1-3,10-11H,4-9H2,(H,23,26)/t11-,17+. The second kappa shape index (κ2) is 6.72. The van der Waals surface area contributed by atoms with Gasteiger partial charge in [-0.25, -0.2) is 4.79 Å². The number of benzene rings is 1. The normalized spacial score (nSPS) is 27.1. The molecule has 2 saturated heterocycles. The number of cyclic esters (lactones) is 1. The molecule has 1 aromatic rings. The average Bonchev–Trinajstić information content (AvgIpc) is 2.94. The predicted molar refractivity (Wildman–Crippen MR) is 92.0 cm³/mol. The number of nitrogens with zero attached hydrogens (tertiary/aromatic N) is 1. The molecule has 3 aliphatic rings. The molecule has 0 unspecified atom stereocenters. The lowest BCUT2D eigenvalue weighted by atomic mass is 9.68. The Morgan fingerprint density at radius 3 is 2.64 bits per heavy atom. The monoisotopic (exact) mass is 418 g/mol. The van der Waals surface area contributed by atoms with Gasteiger partial charge in [0.05, 0.1) is 22.7 Å². The van der Waals surface area contributed by atoms with Crippen molar-refractivity contribution in [2.75, 3.05) is 26.3 Å². The molecule has 1 N–H and O–H groups in total. The second-order valence-corrected chi connectivity index (χ2v) is 8.06. The van der Waals surface area contributed by atoms with Crippen LogP contribution in [0.3, 0.4) is 0 Å². The highest BCUT2D eigenvalue weighted by Crippen LogP contribution is 2.42. The molecular weight excluding hydrogens is 401 g/mol. The molecule has 2 heterocycles. The van der Waals surface area contributed by atoms with Gasteiger partial charge in [-0.2, -0.15) is 13.2 Å². The highest BCUT2D eigenvalue weighted by Gasteiger charge is 2.54. The number of hydrogen-bond donors (Lipinski definition) is 1. The Bertz CT molecular complexity index is 805. The zero-order valence-corrected chi connectivity index (χ0v) is 15.5. The molecule has 0 bridgehead atoms. The average molecular weight is 419 g/mol. The third-order valence-corrected chi connectivity index (χ3v) is 5.77. The number of alkyl halides is 3. The first kappa shape index (κ1) is 19.2. The van der Waals surface area contributed by atoms with E-state index in [-0.39, 0.29) is 40.7 Å². The van der Waals surface area contributed by atoms with Crippen LogP contribution in [0, 0.1) is 11.8 Å². The van der Waals surface area contributed by atoms with Crippen molar-refractivity contribution in [3.05, 3.63) is 28.8 Å². The number of carbonyl (C=O) groups is 2. The number of amides is 2. The van der Waals surface area contributed by atoms with E-state index in [0.29, 0.717) is 32.5 Å². The summed E-state index contributed by atoms with van der Waals surface area (Å²) in [6.45, 7) is 1.64. The van der Waals surface area contributed by atoms with Crippen molar-refractivity contribution in [3.63, 3.8) is 0 Å². The van der Waals surface area contributed by atoms with Crippen molar-refractivity contribution in [2.45, 2.75) is 24.6 Å². The molecule has 152 valence electrons. The molecule has 2 aliphatic heterocycles. The van der Waals surface area contributed by atoms with Crippen LogP contribution < -0.4 is 10.1 Å². The molecular formula is C18H18ClF3N2O4. The first-order valence-electron chi connectivity index (χ1n) is 8.88. The van der Waals surface area contributed by atoms with Gasteiger partial charge in [0.1, 0.15) is 12.4 Å². The summed E-state index contributed by atoms with van der Waals surface area (Å²) in [5.74, 6) is 0.229. The number of rotatable bonds is 4. The van der Waals surface area contributed by atoms with Crippen molar-refractivity contribution >= 4 is 23.6 Å². The lowest BCUT2D eigenvalue weighted by molar-refractivity contribution is -0.148. The summed E-state index contributed by atoms with van der Waals surface area (Å²) in [7, 11) is 0. The third-order valence-electron chi connectivity index (χ3n) is 5.47. The molecule has 0 radical (unpaired) electrons. The van der Waals surface area contributed by atoms with Crippen molar-refractivity contribution in [2.24, 2.45) is 11.8 Å². The summed E-state index contributed by atoms with van der Waals surface area (Å²) in [5, 5.41) is 2.66. The Balaban J connectivity index is 1.21. The molecule has 6 nitrogen and oxygen atoms in total. The minimum absolute atomic E-state index is 0.0515. The summed E-state index contributed by atoms with van der Waals surface area (Å²) in [5.41, 5.74) is -1.21. The Morgan fingerprint density at radius 2 is 2.07 bits per heavy atom. The van der Waals surface area contributed by atoms with Crippen LogP contribution in [-0.2, 0) is 15.7 Å². The van der Waals surface area contributed by atoms with Crippen molar-refractivity contribution in [3.8, 4) is 5.75 Å². The predicted octanol–water partition coefficient (Wildman–Crippen LogP) is 3.08. The Kier molecular flexibility index (Phi) is 4.60. The summed E-state index contributed by atoms with van der Waals surface area (Å²) in [4.78, 5) is 25.3. The molecule has 10 heteroatoms. The van der Waals surface area contributed by atoms with E-state index in [0.717, 1.165) is 12.1 Å². The number of halogens is 4. The van der Waals surface area contributed by atoms with Crippen LogP contribution in [0.1, 0.15) is 18.4 Å². The third kappa shape index (κ3) is 3.59. The minimum Gasteiger partial charge on any atom is -0.492 e. The maximum atomic E-state index is 12.6. The molecule has 1 saturated carbocycles. The van der Waals surface area contributed by atoms with E-state index in [9.17, 15) is 22.8 Å². The first-order chi connectivity index (χ1) is 13.2. The van der Waals surface area contributed by atoms with Crippen LogP contribution in [0.4, 0.5) is 18.0 Å². The van der Waals surface area contributed by atoms with E-state index >= 15 is 0 Å². The van der Waals surface area contributed by atoms with E-state index in [4.69, 9.17) is 21.1 Å². The molecule has 0 aromatic heterocycles. The van der Waals surface area contributed by atoms with Gasteiger partial charge in [-0.15, -0.1) is 0 Å². The van der Waals surface area contributed by atoms with Gasteiger partial charge in [0.2, 0.25) is 5.91 Å². The van der Waals surface area contributed by atoms with Crippen molar-refractivity contribution in [1.82, 2.24) is 10.2 Å². The molecule has 0 atom stereocenters. The molecule has 2 amide bonds. The molecule has 3 fully saturated rings. The van der Waals surface area contributed by atoms with Crippen LogP contribution in [0.15, 0.2) is 18.2 Å². The highest BCUT2D eigenvalue weighted by molar-refractivity contribution is 6.32. The van der Waals surface area contributed by atoms with E-state index in [1.54, 1.807) is 4.90 Å². The number of nitrogens with one attached hydrogen (secondary N) is 1. The maximum Gasteiger partial charge on any atom is 0.416 e. The number of hydrogen-bond acceptors (Lipinski definition) is 4. The van der Waals surface area contributed by atoms with E-state index < -0.39 is 17.8 Å². The molecule has 1 aromatic carbocycles. The summed E-state index contributed by atoms with van der Waals surface area (Å²) in [6, 6.07) is 2.97. The van der Waals surface area contributed by atoms with E-state index in [1.165, 1.54) is 6.07 Å². The van der Waals surface area contributed by atoms with Gasteiger partial charge in [0.25, 0.3) is 0 Å². The lowest BCUT2D eigenvalue weighted by Gasteiger charge is -2.47. The van der Waals surface area contributed by atoms with Crippen LogP contribution in [0.5, 0.6) is 5.75 Å². The van der Waals surface area contributed by atoms with Gasteiger partial charge in [-0.05, 0) is 31.0 Å². The number of likely N-dealkylation sites (tertiary alicyclic amines) is 1. The van der Waals surface area contributed by atoms with Gasteiger partial charge in [-0.1, -0.05) is 11.6 Å². The minimum atomic E-state index is -4.45. The largest absolute Gasteiger partial charge is 0.492 e. The Morgan fingerprint density at radius 1 is 1.36 bits per heavy atom. The zero-order valence-electron chi connectivity index (χ0n) is 14.7. The number of alkyl carbamates (subject to hydrolysis) is 1. The van der Waals surface area contributed by atoms with Crippen LogP contribution in [-0.4, -0.2) is 48.7 Å². The zero-order chi connectivity index (χ0) is 20.1. The van der Waals surface area contributed by atoms with Crippen LogP contribution in [0.2, 0.25) is 5.02 Å². The quantitative estimate of drug-likeness (QED) is 0.816. The Labute approximate surface area is 163 Å². The highest BCUT2D eigenvalue weighted by atomic mass is 35.5. The number of ether oxygens (including phenoxy) is 2. The molecule has 4 rings (SSSR count). The van der Waals surface area contributed by atoms with Crippen molar-refractivity contribution in [1.29, 1.82) is 0 Å². The van der Waals surface area contributed by atoms with Gasteiger partial charge in [0.15, 0.2) is 0 Å². The maximum absolute atomic E-state index is 12.6. The van der Waals surface area contributed by atoms with Gasteiger partial charge >= 0.3 is 12.3 Å². The molecule has 28 heavy (non-hydrogen) atoms. The summed E-state index contributed by atoms with van der Waals surface area (Å²) in [6.07, 6.45) is -3.73. The van der Waals surface area contributed by atoms with Crippen molar-refractivity contribution < 1.29 is 32.2 Å². The summed E-state index contributed by atoms with van der Waals surface area (Å²) < 4.78 is 48.4. The van der Waals surface area contributed by atoms with Gasteiger partial charge < -0.3 is 19.7 Å². The lowest BCUT2D eigenvalue weighted by Crippen LogP contribution is -2.61. The van der Waals surface area contributed by atoms with Gasteiger partial charge in [0, 0.05) is 24.9 Å². The summed E-state index contributed by atoms with van der Waals surface area (Å²) >= 11 is 5.87. The van der Waals surface area contributed by atoms with E-state index in [1.807, 2.05) is 0 Å². The fourth-order valence-corrected chi connectivity index (χ4v) is 4.12. The second-order valence-electron chi connectivity index (χ2n) is 7.65. The fraction of sp³-hybridized carbons (Fsp3) is 0.556.